The van der Waals surface area contributed by atoms with Gasteiger partial charge in [0, 0.05) is 12.5 Å². The molecular formula is C15H19NO3. The highest BCUT2D eigenvalue weighted by molar-refractivity contribution is 5.77. The van der Waals surface area contributed by atoms with E-state index in [1.165, 1.54) is 0 Å². The van der Waals surface area contributed by atoms with Gasteiger partial charge in [-0.3, -0.25) is 9.59 Å². The molecule has 0 spiro atoms. The summed E-state index contributed by atoms with van der Waals surface area (Å²) in [6, 6.07) is 9.91. The molecule has 2 atom stereocenters. The lowest BCUT2D eigenvalue weighted by atomic mass is 10.1. The number of hydrogen-bond donors (Lipinski definition) is 2. The van der Waals surface area contributed by atoms with Crippen molar-refractivity contribution in [2.45, 2.75) is 38.1 Å². The van der Waals surface area contributed by atoms with Crippen LogP contribution in [-0.4, -0.2) is 23.0 Å². The smallest absolute Gasteiger partial charge is 0.306 e. The van der Waals surface area contributed by atoms with Crippen LogP contribution < -0.4 is 5.32 Å². The maximum absolute atomic E-state index is 11.8. The van der Waals surface area contributed by atoms with Crippen molar-refractivity contribution in [2.75, 3.05) is 0 Å². The van der Waals surface area contributed by atoms with E-state index < -0.39 is 5.97 Å². The fourth-order valence-corrected chi connectivity index (χ4v) is 2.54. The van der Waals surface area contributed by atoms with Crippen LogP contribution in [0, 0.1) is 5.92 Å². The second-order valence-corrected chi connectivity index (χ2v) is 5.10. The van der Waals surface area contributed by atoms with Crippen LogP contribution >= 0.6 is 0 Å². The predicted octanol–water partition coefficient (Wildman–Crippen LogP) is 1.99. The van der Waals surface area contributed by atoms with Crippen molar-refractivity contribution in [2.24, 2.45) is 5.92 Å². The average Bonchev–Trinajstić information content (AvgIpc) is 2.86. The van der Waals surface area contributed by atoms with Gasteiger partial charge in [-0.05, 0) is 31.2 Å². The van der Waals surface area contributed by atoms with Gasteiger partial charge >= 0.3 is 5.97 Å². The Morgan fingerprint density at radius 3 is 2.58 bits per heavy atom. The van der Waals surface area contributed by atoms with E-state index in [4.69, 9.17) is 5.11 Å². The average molecular weight is 261 g/mol. The first-order valence-electron chi connectivity index (χ1n) is 6.71. The number of hydrogen-bond acceptors (Lipinski definition) is 2. The van der Waals surface area contributed by atoms with E-state index in [0.29, 0.717) is 19.3 Å². The Balaban J connectivity index is 1.72. The molecule has 1 amide bonds. The summed E-state index contributed by atoms with van der Waals surface area (Å²) in [5.41, 5.74) is 1.15. The van der Waals surface area contributed by atoms with Gasteiger partial charge in [0.1, 0.15) is 0 Å². The molecule has 1 aromatic carbocycles. The van der Waals surface area contributed by atoms with Gasteiger partial charge in [0.05, 0.1) is 5.92 Å². The lowest BCUT2D eigenvalue weighted by molar-refractivity contribution is -0.141. The summed E-state index contributed by atoms with van der Waals surface area (Å²) in [6.07, 6.45) is 3.18. The van der Waals surface area contributed by atoms with Crippen LogP contribution in [-0.2, 0) is 16.0 Å². The third kappa shape index (κ3) is 4.09. The van der Waals surface area contributed by atoms with E-state index in [2.05, 4.69) is 5.32 Å². The Labute approximate surface area is 112 Å². The van der Waals surface area contributed by atoms with Gasteiger partial charge in [-0.2, -0.15) is 0 Å². The number of benzene rings is 1. The topological polar surface area (TPSA) is 66.4 Å². The minimum absolute atomic E-state index is 0.0138. The molecule has 0 radical (unpaired) electrons. The summed E-state index contributed by atoms with van der Waals surface area (Å²) in [6.45, 7) is 0. The summed E-state index contributed by atoms with van der Waals surface area (Å²) < 4.78 is 0. The van der Waals surface area contributed by atoms with Crippen LogP contribution in [0.25, 0.3) is 0 Å². The molecule has 1 fully saturated rings. The number of amides is 1. The molecule has 1 aromatic rings. The van der Waals surface area contributed by atoms with Crippen molar-refractivity contribution in [1.29, 1.82) is 0 Å². The van der Waals surface area contributed by atoms with Gasteiger partial charge in [-0.15, -0.1) is 0 Å². The molecule has 1 aliphatic rings. The third-order valence-electron chi connectivity index (χ3n) is 3.63. The van der Waals surface area contributed by atoms with Gasteiger partial charge < -0.3 is 10.4 Å². The molecule has 2 N–H and O–H groups in total. The van der Waals surface area contributed by atoms with Crippen LogP contribution in [0.5, 0.6) is 0 Å². The second kappa shape index (κ2) is 6.36. The molecule has 19 heavy (non-hydrogen) atoms. The van der Waals surface area contributed by atoms with E-state index in [0.717, 1.165) is 18.4 Å². The number of carbonyl (C=O) groups excluding carboxylic acids is 1. The Bertz CT molecular complexity index is 444. The molecule has 102 valence electrons. The van der Waals surface area contributed by atoms with E-state index in [1.54, 1.807) is 0 Å². The first-order chi connectivity index (χ1) is 9.15. The highest BCUT2D eigenvalue weighted by atomic mass is 16.4. The summed E-state index contributed by atoms with van der Waals surface area (Å²) in [5.74, 6) is -1.03. The second-order valence-electron chi connectivity index (χ2n) is 5.10. The van der Waals surface area contributed by atoms with Gasteiger partial charge in [0.25, 0.3) is 0 Å². The minimum atomic E-state index is -0.749. The molecule has 1 saturated carbocycles. The summed E-state index contributed by atoms with van der Waals surface area (Å²) in [4.78, 5) is 22.6. The first kappa shape index (κ1) is 13.6. The van der Waals surface area contributed by atoms with Gasteiger partial charge in [0.2, 0.25) is 5.91 Å². The molecule has 2 rings (SSSR count). The number of nitrogens with one attached hydrogen (secondary N) is 1. The molecule has 0 aliphatic heterocycles. The van der Waals surface area contributed by atoms with Gasteiger partial charge in [0.15, 0.2) is 0 Å². The Kier molecular flexibility index (Phi) is 4.55. The largest absolute Gasteiger partial charge is 0.481 e. The van der Waals surface area contributed by atoms with Crippen molar-refractivity contribution in [3.63, 3.8) is 0 Å². The maximum atomic E-state index is 11.8. The van der Waals surface area contributed by atoms with Crippen molar-refractivity contribution < 1.29 is 14.7 Å². The Hall–Kier alpha value is -1.84. The quantitative estimate of drug-likeness (QED) is 0.851. The SMILES string of the molecule is O=C(CCc1ccccc1)N[C@H]1CC[C@@H](C(=O)O)C1. The van der Waals surface area contributed by atoms with Gasteiger partial charge in [-0.25, -0.2) is 0 Å². The van der Waals surface area contributed by atoms with Crippen LogP contribution in [0.15, 0.2) is 30.3 Å². The van der Waals surface area contributed by atoms with Crippen molar-refractivity contribution in [3.05, 3.63) is 35.9 Å². The first-order valence-corrected chi connectivity index (χ1v) is 6.71. The zero-order valence-corrected chi connectivity index (χ0v) is 10.8. The monoisotopic (exact) mass is 261 g/mol. The lowest BCUT2D eigenvalue weighted by Gasteiger charge is -2.12. The molecule has 1 aliphatic carbocycles. The highest BCUT2D eigenvalue weighted by Gasteiger charge is 2.30. The van der Waals surface area contributed by atoms with E-state index >= 15 is 0 Å². The van der Waals surface area contributed by atoms with E-state index in [1.807, 2.05) is 30.3 Å². The van der Waals surface area contributed by atoms with E-state index in [-0.39, 0.29) is 17.9 Å². The highest BCUT2D eigenvalue weighted by Crippen LogP contribution is 2.25. The summed E-state index contributed by atoms with van der Waals surface area (Å²) in [7, 11) is 0. The molecule has 4 heteroatoms. The molecule has 0 bridgehead atoms. The number of rotatable bonds is 5. The van der Waals surface area contributed by atoms with Crippen molar-refractivity contribution in [3.8, 4) is 0 Å². The molecule has 0 heterocycles. The molecular weight excluding hydrogens is 242 g/mol. The molecule has 0 unspecified atom stereocenters. The van der Waals surface area contributed by atoms with Crippen LogP contribution in [0.3, 0.4) is 0 Å². The maximum Gasteiger partial charge on any atom is 0.306 e. The molecule has 4 nitrogen and oxygen atoms in total. The minimum Gasteiger partial charge on any atom is -0.481 e. The van der Waals surface area contributed by atoms with Crippen molar-refractivity contribution in [1.82, 2.24) is 5.32 Å². The van der Waals surface area contributed by atoms with Crippen molar-refractivity contribution >= 4 is 11.9 Å². The summed E-state index contributed by atoms with van der Waals surface area (Å²) in [5, 5.41) is 11.8. The number of aliphatic carboxylic acids is 1. The number of carbonyl (C=O) groups is 2. The number of aryl methyl sites for hydroxylation is 1. The third-order valence-corrected chi connectivity index (χ3v) is 3.63. The lowest BCUT2D eigenvalue weighted by Crippen LogP contribution is -2.33. The zero-order chi connectivity index (χ0) is 13.7. The van der Waals surface area contributed by atoms with Crippen LogP contribution in [0.1, 0.15) is 31.2 Å². The predicted molar refractivity (Wildman–Crippen MR) is 71.7 cm³/mol. The Morgan fingerprint density at radius 1 is 1.21 bits per heavy atom. The number of carboxylic acids is 1. The fraction of sp³-hybridized carbons (Fsp3) is 0.467. The van der Waals surface area contributed by atoms with Crippen LogP contribution in [0.4, 0.5) is 0 Å². The van der Waals surface area contributed by atoms with Crippen LogP contribution in [0.2, 0.25) is 0 Å². The fourth-order valence-electron chi connectivity index (χ4n) is 2.54. The molecule has 0 saturated heterocycles. The Morgan fingerprint density at radius 2 is 1.95 bits per heavy atom. The standard InChI is InChI=1S/C15H19NO3/c17-14(9-6-11-4-2-1-3-5-11)16-13-8-7-12(10-13)15(18)19/h1-5,12-13H,6-10H2,(H,16,17)(H,18,19)/t12-,13+/m1/s1. The van der Waals surface area contributed by atoms with Gasteiger partial charge in [-0.1, -0.05) is 30.3 Å². The van der Waals surface area contributed by atoms with E-state index in [9.17, 15) is 9.59 Å². The summed E-state index contributed by atoms with van der Waals surface area (Å²) >= 11 is 0. The normalized spacial score (nSPS) is 22.1. The molecule has 0 aromatic heterocycles. The zero-order valence-electron chi connectivity index (χ0n) is 10.8. The number of carboxylic acid groups (broad SMARTS) is 1.